The molecule has 1 aromatic rings. The molecule has 0 saturated heterocycles. The number of amides is 1. The summed E-state index contributed by atoms with van der Waals surface area (Å²) in [5.41, 5.74) is 1.17. The smallest absolute Gasteiger partial charge is 0.222 e. The van der Waals surface area contributed by atoms with Gasteiger partial charge in [0.25, 0.3) is 0 Å². The fourth-order valence-electron chi connectivity index (χ4n) is 3.07. The molecule has 1 aliphatic carbocycles. The van der Waals surface area contributed by atoms with Crippen LogP contribution in [-0.2, 0) is 21.1 Å². The van der Waals surface area contributed by atoms with Crippen LogP contribution in [0.3, 0.4) is 0 Å². The zero-order valence-electron chi connectivity index (χ0n) is 12.6. The first-order valence-electron chi connectivity index (χ1n) is 7.35. The van der Waals surface area contributed by atoms with Crippen LogP contribution in [0.1, 0.15) is 37.7 Å². The number of hydrogen-bond acceptors (Lipinski definition) is 4. The third kappa shape index (κ3) is 4.30. The summed E-state index contributed by atoms with van der Waals surface area (Å²) >= 11 is 1.63. The summed E-state index contributed by atoms with van der Waals surface area (Å²) in [5, 5.41) is 3.65. The molecule has 6 heteroatoms. The fraction of sp³-hybridized carbons (Fsp3) is 0.667. The van der Waals surface area contributed by atoms with Gasteiger partial charge in [0.1, 0.15) is 0 Å². The molecule has 0 bridgehead atoms. The molecule has 0 unspecified atom stereocenters. The summed E-state index contributed by atoms with van der Waals surface area (Å²) in [7, 11) is -1.35. The van der Waals surface area contributed by atoms with Crippen molar-refractivity contribution in [3.63, 3.8) is 0 Å². The van der Waals surface area contributed by atoms with E-state index in [1.54, 1.807) is 23.3 Å². The molecule has 0 spiro atoms. The number of carbonyl (C=O) groups excluding carboxylic acids is 1. The Morgan fingerprint density at radius 2 is 2.10 bits per heavy atom. The molecule has 1 fully saturated rings. The lowest BCUT2D eigenvalue weighted by molar-refractivity contribution is -0.132. The van der Waals surface area contributed by atoms with Gasteiger partial charge in [-0.1, -0.05) is 12.8 Å². The molecular weight excluding hydrogens is 306 g/mol. The van der Waals surface area contributed by atoms with Gasteiger partial charge in [0.05, 0.1) is 5.25 Å². The number of nitrogens with zero attached hydrogens (tertiary/aromatic N) is 1. The van der Waals surface area contributed by atoms with E-state index in [-0.39, 0.29) is 11.9 Å². The highest BCUT2D eigenvalue weighted by molar-refractivity contribution is 7.91. The highest BCUT2D eigenvalue weighted by Crippen LogP contribution is 2.28. The monoisotopic (exact) mass is 329 g/mol. The molecule has 0 aliphatic heterocycles. The van der Waals surface area contributed by atoms with Gasteiger partial charge in [-0.25, -0.2) is 8.42 Å². The van der Waals surface area contributed by atoms with Gasteiger partial charge in [0, 0.05) is 25.8 Å². The van der Waals surface area contributed by atoms with Crippen molar-refractivity contribution < 1.29 is 13.2 Å². The molecule has 1 heterocycles. The maximum Gasteiger partial charge on any atom is 0.222 e. The molecule has 1 aromatic heterocycles. The van der Waals surface area contributed by atoms with Crippen molar-refractivity contribution in [1.29, 1.82) is 0 Å². The van der Waals surface area contributed by atoms with Crippen LogP contribution in [0.5, 0.6) is 0 Å². The van der Waals surface area contributed by atoms with E-state index in [2.05, 4.69) is 0 Å². The molecule has 1 saturated carbocycles. The van der Waals surface area contributed by atoms with Crippen LogP contribution in [0.2, 0.25) is 0 Å². The lowest BCUT2D eigenvalue weighted by atomic mass is 9.93. The first kappa shape index (κ1) is 16.5. The zero-order chi connectivity index (χ0) is 15.5. The second-order valence-electron chi connectivity index (χ2n) is 5.86. The lowest BCUT2D eigenvalue weighted by Crippen LogP contribution is -2.49. The number of thiophene rings is 1. The minimum atomic E-state index is -3.10. The SMILES string of the molecule is CN(C(=O)CCc1ccsc1)[C@@H]1CCCC[C@H]1S(C)(=O)=O. The highest BCUT2D eigenvalue weighted by atomic mass is 32.2. The Morgan fingerprint density at radius 3 is 2.71 bits per heavy atom. The Bertz CT molecular complexity index is 566. The van der Waals surface area contributed by atoms with Gasteiger partial charge < -0.3 is 4.90 Å². The first-order chi connectivity index (χ1) is 9.89. The molecule has 0 N–H and O–H groups in total. The summed E-state index contributed by atoms with van der Waals surface area (Å²) in [6.07, 6.45) is 5.86. The summed E-state index contributed by atoms with van der Waals surface area (Å²) in [5.74, 6) is 0.0433. The van der Waals surface area contributed by atoms with Gasteiger partial charge in [-0.2, -0.15) is 11.3 Å². The average molecular weight is 329 g/mol. The van der Waals surface area contributed by atoms with Gasteiger partial charge in [-0.3, -0.25) is 4.79 Å². The summed E-state index contributed by atoms with van der Waals surface area (Å²) in [6.45, 7) is 0. The molecule has 1 aliphatic rings. The van der Waals surface area contributed by atoms with Crippen molar-refractivity contribution in [2.75, 3.05) is 13.3 Å². The third-order valence-electron chi connectivity index (χ3n) is 4.32. The van der Waals surface area contributed by atoms with E-state index in [1.165, 1.54) is 11.8 Å². The molecule has 4 nitrogen and oxygen atoms in total. The number of sulfone groups is 1. The number of rotatable bonds is 5. The van der Waals surface area contributed by atoms with Gasteiger partial charge >= 0.3 is 0 Å². The lowest BCUT2D eigenvalue weighted by Gasteiger charge is -2.37. The number of carbonyl (C=O) groups is 1. The van der Waals surface area contributed by atoms with Gasteiger partial charge in [0.15, 0.2) is 9.84 Å². The Morgan fingerprint density at radius 1 is 1.38 bits per heavy atom. The normalized spacial score (nSPS) is 23.0. The van der Waals surface area contributed by atoms with Crippen molar-refractivity contribution in [3.05, 3.63) is 22.4 Å². The predicted molar refractivity (Wildman–Crippen MR) is 86.3 cm³/mol. The first-order valence-corrected chi connectivity index (χ1v) is 10.2. The Hall–Kier alpha value is -0.880. The average Bonchev–Trinajstić information content (AvgIpc) is 2.96. The second-order valence-corrected chi connectivity index (χ2v) is 8.90. The van der Waals surface area contributed by atoms with E-state index < -0.39 is 15.1 Å². The molecule has 118 valence electrons. The van der Waals surface area contributed by atoms with E-state index >= 15 is 0 Å². The minimum absolute atomic E-state index is 0.0433. The van der Waals surface area contributed by atoms with Crippen molar-refractivity contribution in [2.45, 2.75) is 49.8 Å². The van der Waals surface area contributed by atoms with Crippen LogP contribution in [-0.4, -0.2) is 43.8 Å². The molecule has 2 atom stereocenters. The third-order valence-corrected chi connectivity index (χ3v) is 6.70. The van der Waals surface area contributed by atoms with Crippen LogP contribution in [0.4, 0.5) is 0 Å². The van der Waals surface area contributed by atoms with Crippen LogP contribution >= 0.6 is 11.3 Å². The summed E-state index contributed by atoms with van der Waals surface area (Å²) < 4.78 is 23.9. The standard InChI is InChI=1S/C15H23NO3S2/c1-16(15(17)8-7-12-9-10-20-11-12)13-5-3-4-6-14(13)21(2,18)19/h9-11,13-14H,3-8H2,1-2H3/t13-,14-/m1/s1. The van der Waals surface area contributed by atoms with Gasteiger partial charge in [0.2, 0.25) is 5.91 Å². The van der Waals surface area contributed by atoms with E-state index in [4.69, 9.17) is 0 Å². The maximum atomic E-state index is 12.3. The molecule has 0 aromatic carbocycles. The Balaban J connectivity index is 1.99. The largest absolute Gasteiger partial charge is 0.341 e. The highest BCUT2D eigenvalue weighted by Gasteiger charge is 2.36. The summed E-state index contributed by atoms with van der Waals surface area (Å²) in [4.78, 5) is 14.0. The van der Waals surface area contributed by atoms with Crippen molar-refractivity contribution in [1.82, 2.24) is 4.90 Å². The minimum Gasteiger partial charge on any atom is -0.341 e. The molecule has 2 rings (SSSR count). The van der Waals surface area contributed by atoms with Gasteiger partial charge in [-0.05, 0) is 41.7 Å². The number of hydrogen-bond donors (Lipinski definition) is 0. The molecule has 0 radical (unpaired) electrons. The maximum absolute atomic E-state index is 12.3. The fourth-order valence-corrected chi connectivity index (χ4v) is 5.25. The van der Waals surface area contributed by atoms with Crippen molar-refractivity contribution in [2.24, 2.45) is 0 Å². The Labute approximate surface area is 131 Å². The van der Waals surface area contributed by atoms with E-state index in [0.717, 1.165) is 25.7 Å². The Kier molecular flexibility index (Phi) is 5.43. The molecular formula is C15H23NO3S2. The van der Waals surface area contributed by atoms with Crippen LogP contribution in [0, 0.1) is 0 Å². The van der Waals surface area contributed by atoms with Crippen molar-refractivity contribution >= 4 is 27.1 Å². The molecule has 21 heavy (non-hydrogen) atoms. The topological polar surface area (TPSA) is 54.5 Å². The van der Waals surface area contributed by atoms with Crippen LogP contribution in [0.15, 0.2) is 16.8 Å². The second kappa shape index (κ2) is 6.92. The number of aryl methyl sites for hydroxylation is 1. The zero-order valence-corrected chi connectivity index (χ0v) is 14.3. The van der Waals surface area contributed by atoms with Gasteiger partial charge in [-0.15, -0.1) is 0 Å². The predicted octanol–water partition coefficient (Wildman–Crippen LogP) is 2.49. The summed E-state index contributed by atoms with van der Waals surface area (Å²) in [6, 6.07) is 1.86. The molecule has 1 amide bonds. The van der Waals surface area contributed by atoms with Crippen LogP contribution in [0.25, 0.3) is 0 Å². The quantitative estimate of drug-likeness (QED) is 0.834. The van der Waals surface area contributed by atoms with Crippen molar-refractivity contribution in [3.8, 4) is 0 Å². The van der Waals surface area contributed by atoms with Crippen LogP contribution < -0.4 is 0 Å². The van der Waals surface area contributed by atoms with E-state index in [1.807, 2.05) is 16.8 Å². The van der Waals surface area contributed by atoms with E-state index in [9.17, 15) is 13.2 Å². The van der Waals surface area contributed by atoms with E-state index in [0.29, 0.717) is 12.8 Å².